The molecular formula is C18H34O7. The van der Waals surface area contributed by atoms with Crippen molar-refractivity contribution in [2.75, 3.05) is 6.61 Å². The lowest BCUT2D eigenvalue weighted by molar-refractivity contribution is -0.153. The molecule has 0 rings (SSSR count). The van der Waals surface area contributed by atoms with Gasteiger partial charge in [-0.1, -0.05) is 64.7 Å². The molecule has 0 saturated carbocycles. The van der Waals surface area contributed by atoms with E-state index in [4.69, 9.17) is 10.2 Å². The van der Waals surface area contributed by atoms with E-state index in [9.17, 15) is 24.9 Å². The highest BCUT2D eigenvalue weighted by atomic mass is 16.4. The molecule has 0 aromatic rings. The Balaban J connectivity index is 3.96. The minimum atomic E-state index is -2.10. The molecule has 0 aliphatic rings. The third-order valence-corrected chi connectivity index (χ3v) is 4.30. The maximum Gasteiger partial charge on any atom is 0.232 e. The summed E-state index contributed by atoms with van der Waals surface area (Å²) < 4.78 is 0. The Morgan fingerprint density at radius 1 is 0.680 bits per heavy atom. The van der Waals surface area contributed by atoms with Crippen molar-refractivity contribution in [1.29, 1.82) is 0 Å². The Morgan fingerprint density at radius 2 is 1.08 bits per heavy atom. The van der Waals surface area contributed by atoms with E-state index in [1.807, 2.05) is 0 Å². The highest BCUT2D eigenvalue weighted by Gasteiger charge is 2.35. The number of hydrogen-bond donors (Lipinski definition) is 5. The molecular weight excluding hydrogens is 328 g/mol. The first-order chi connectivity index (χ1) is 11.9. The fourth-order valence-corrected chi connectivity index (χ4v) is 2.56. The zero-order valence-electron chi connectivity index (χ0n) is 15.1. The molecule has 0 aromatic heterocycles. The SMILES string of the molecule is CCCCCCCCCCCC(O)C(O)C(=O)C(=O)[C@H](O)[C@H](O)CO. The van der Waals surface area contributed by atoms with E-state index < -0.39 is 42.6 Å². The summed E-state index contributed by atoms with van der Waals surface area (Å²) in [6.45, 7) is 1.28. The molecule has 0 bridgehead atoms. The lowest BCUT2D eigenvalue weighted by Gasteiger charge is -2.19. The van der Waals surface area contributed by atoms with Crippen LogP contribution in [0.3, 0.4) is 0 Å². The van der Waals surface area contributed by atoms with Gasteiger partial charge in [0, 0.05) is 0 Å². The summed E-state index contributed by atoms with van der Waals surface area (Å²) in [4.78, 5) is 23.3. The molecule has 25 heavy (non-hydrogen) atoms. The second-order valence-electron chi connectivity index (χ2n) is 6.55. The first-order valence-corrected chi connectivity index (χ1v) is 9.27. The van der Waals surface area contributed by atoms with Crippen LogP contribution in [0.5, 0.6) is 0 Å². The van der Waals surface area contributed by atoms with Gasteiger partial charge in [-0.25, -0.2) is 0 Å². The molecule has 7 heteroatoms. The van der Waals surface area contributed by atoms with Gasteiger partial charge in [-0.2, -0.15) is 0 Å². The molecule has 7 nitrogen and oxygen atoms in total. The highest BCUT2D eigenvalue weighted by Crippen LogP contribution is 2.13. The van der Waals surface area contributed by atoms with Gasteiger partial charge in [0.05, 0.1) is 12.7 Å². The van der Waals surface area contributed by atoms with Crippen molar-refractivity contribution in [2.45, 2.75) is 95.5 Å². The van der Waals surface area contributed by atoms with Crippen molar-refractivity contribution in [1.82, 2.24) is 0 Å². The van der Waals surface area contributed by atoms with Crippen LogP contribution in [-0.2, 0) is 9.59 Å². The van der Waals surface area contributed by atoms with E-state index in [1.165, 1.54) is 32.1 Å². The number of Topliss-reactive ketones (excluding diaryl/α,β-unsaturated/α-hetero) is 2. The maximum absolute atomic E-state index is 11.7. The van der Waals surface area contributed by atoms with Crippen LogP contribution in [0.15, 0.2) is 0 Å². The summed E-state index contributed by atoms with van der Waals surface area (Å²) in [5.41, 5.74) is 0. The Kier molecular flexibility index (Phi) is 13.8. The van der Waals surface area contributed by atoms with E-state index in [0.29, 0.717) is 6.42 Å². The average molecular weight is 362 g/mol. The minimum Gasteiger partial charge on any atom is -0.394 e. The third kappa shape index (κ3) is 10.0. The van der Waals surface area contributed by atoms with Crippen LogP contribution in [0, 0.1) is 0 Å². The number of rotatable bonds is 16. The quantitative estimate of drug-likeness (QED) is 0.199. The largest absolute Gasteiger partial charge is 0.394 e. The molecule has 5 N–H and O–H groups in total. The van der Waals surface area contributed by atoms with Gasteiger partial charge in [0.25, 0.3) is 0 Å². The van der Waals surface area contributed by atoms with Gasteiger partial charge in [-0.3, -0.25) is 9.59 Å². The normalized spacial score (nSPS) is 16.2. The third-order valence-electron chi connectivity index (χ3n) is 4.30. The van der Waals surface area contributed by atoms with Gasteiger partial charge in [0.15, 0.2) is 0 Å². The number of hydrogen-bond acceptors (Lipinski definition) is 7. The molecule has 0 fully saturated rings. The van der Waals surface area contributed by atoms with Gasteiger partial charge in [-0.15, -0.1) is 0 Å². The van der Waals surface area contributed by atoms with Crippen molar-refractivity contribution in [3.8, 4) is 0 Å². The molecule has 0 spiro atoms. The van der Waals surface area contributed by atoms with Crippen molar-refractivity contribution < 1.29 is 35.1 Å². The fourth-order valence-electron chi connectivity index (χ4n) is 2.56. The molecule has 0 aliphatic carbocycles. The summed E-state index contributed by atoms with van der Waals surface area (Å²) in [6.07, 6.45) is 2.74. The molecule has 0 saturated heterocycles. The number of aliphatic hydroxyl groups is 5. The predicted molar refractivity (Wildman–Crippen MR) is 93.0 cm³/mol. The van der Waals surface area contributed by atoms with Gasteiger partial charge >= 0.3 is 0 Å². The first kappa shape index (κ1) is 24.1. The average Bonchev–Trinajstić information content (AvgIpc) is 2.63. The van der Waals surface area contributed by atoms with Crippen LogP contribution in [0.2, 0.25) is 0 Å². The summed E-state index contributed by atoms with van der Waals surface area (Å²) >= 11 is 0. The van der Waals surface area contributed by atoms with E-state index in [-0.39, 0.29) is 6.42 Å². The zero-order chi connectivity index (χ0) is 19.2. The Hall–Kier alpha value is -0.860. The smallest absolute Gasteiger partial charge is 0.232 e. The van der Waals surface area contributed by atoms with Crippen LogP contribution in [0.1, 0.15) is 71.1 Å². The molecule has 0 aliphatic heterocycles. The first-order valence-electron chi connectivity index (χ1n) is 9.27. The van der Waals surface area contributed by atoms with Crippen molar-refractivity contribution >= 4 is 11.6 Å². The van der Waals surface area contributed by atoms with E-state index in [2.05, 4.69) is 6.92 Å². The molecule has 0 amide bonds. The number of carbonyl (C=O) groups excluding carboxylic acids is 2. The Morgan fingerprint density at radius 3 is 1.52 bits per heavy atom. The zero-order valence-corrected chi connectivity index (χ0v) is 15.1. The van der Waals surface area contributed by atoms with E-state index in [0.717, 1.165) is 19.3 Å². The summed E-state index contributed by atoms with van der Waals surface area (Å²) in [5, 5.41) is 46.7. The second kappa shape index (κ2) is 14.3. The van der Waals surface area contributed by atoms with Crippen LogP contribution < -0.4 is 0 Å². The van der Waals surface area contributed by atoms with Crippen LogP contribution in [0.25, 0.3) is 0 Å². The summed E-state index contributed by atoms with van der Waals surface area (Å²) in [7, 11) is 0. The summed E-state index contributed by atoms with van der Waals surface area (Å²) in [6, 6.07) is 0. The van der Waals surface area contributed by atoms with Crippen molar-refractivity contribution in [3.05, 3.63) is 0 Å². The fraction of sp³-hybridized carbons (Fsp3) is 0.889. The standard InChI is InChI=1S/C18H34O7/c1-2-3-4-5-6-7-8-9-10-11-13(20)15(22)17(24)18(25)16(23)14(21)12-19/h13-16,19-23H,2-12H2,1H3/t13?,14-,15?,16-/m1/s1. The number of aliphatic hydroxyl groups excluding tert-OH is 5. The van der Waals surface area contributed by atoms with Gasteiger partial charge in [0.2, 0.25) is 11.6 Å². The van der Waals surface area contributed by atoms with E-state index >= 15 is 0 Å². The van der Waals surface area contributed by atoms with Gasteiger partial charge < -0.3 is 25.5 Å². The summed E-state index contributed by atoms with van der Waals surface area (Å²) in [5.74, 6) is -2.77. The minimum absolute atomic E-state index is 0.175. The van der Waals surface area contributed by atoms with Crippen LogP contribution in [-0.4, -0.2) is 68.1 Å². The van der Waals surface area contributed by atoms with Crippen molar-refractivity contribution in [3.63, 3.8) is 0 Å². The van der Waals surface area contributed by atoms with Gasteiger partial charge in [0.1, 0.15) is 18.3 Å². The van der Waals surface area contributed by atoms with Crippen molar-refractivity contribution in [2.24, 2.45) is 0 Å². The number of unbranched alkanes of at least 4 members (excludes halogenated alkanes) is 8. The van der Waals surface area contributed by atoms with Gasteiger partial charge in [-0.05, 0) is 6.42 Å². The molecule has 0 radical (unpaired) electrons. The lowest BCUT2D eigenvalue weighted by atomic mass is 9.96. The Bertz CT molecular complexity index is 372. The van der Waals surface area contributed by atoms with Crippen LogP contribution >= 0.6 is 0 Å². The monoisotopic (exact) mass is 362 g/mol. The topological polar surface area (TPSA) is 135 Å². The lowest BCUT2D eigenvalue weighted by Crippen LogP contribution is -2.47. The highest BCUT2D eigenvalue weighted by molar-refractivity contribution is 6.40. The molecule has 0 aromatic carbocycles. The molecule has 4 atom stereocenters. The predicted octanol–water partition coefficient (Wildman–Crippen LogP) is 0.481. The number of ketones is 2. The van der Waals surface area contributed by atoms with Crippen LogP contribution in [0.4, 0.5) is 0 Å². The Labute approximate surface area is 149 Å². The van der Waals surface area contributed by atoms with E-state index in [1.54, 1.807) is 0 Å². The molecule has 2 unspecified atom stereocenters. The number of carbonyl (C=O) groups is 2. The maximum atomic E-state index is 11.7. The second-order valence-corrected chi connectivity index (χ2v) is 6.55. The molecule has 148 valence electrons. The molecule has 0 heterocycles.